The minimum absolute atomic E-state index is 0.0318. The van der Waals surface area contributed by atoms with E-state index in [1.807, 2.05) is 24.3 Å². The number of rotatable bonds is 40. The topological polar surface area (TPSA) is 175 Å². The lowest BCUT2D eigenvalue weighted by atomic mass is 9.98. The quantitative estimate of drug-likeness (QED) is 0.0766. The summed E-state index contributed by atoms with van der Waals surface area (Å²) in [5.41, 5.74) is 4.76. The molecule has 0 radical (unpaired) electrons. The Kier molecular flexibility index (Phi) is 30.1. The second kappa shape index (κ2) is 35.5. The van der Waals surface area contributed by atoms with Gasteiger partial charge in [0.1, 0.15) is 13.2 Å². The van der Waals surface area contributed by atoms with Gasteiger partial charge in [0.25, 0.3) is 0 Å². The van der Waals surface area contributed by atoms with Crippen LogP contribution < -0.4 is 5.32 Å². The SMILES string of the molecule is COC(=O)COCCOCCOCCOCCOCCOCCOCCOCCOCCOCCOCCOCCNC(=O)OCC1c2ccccc2-c2ccccc21. The average Bonchev–Trinajstić information content (AvgIpc) is 3.58. The summed E-state index contributed by atoms with van der Waals surface area (Å²) in [4.78, 5) is 23.1. The first-order valence-electron chi connectivity index (χ1n) is 20.3. The molecule has 3 rings (SSSR count). The number of fused-ring (bicyclic) bond motifs is 3. The van der Waals surface area contributed by atoms with Crippen LogP contribution in [0.25, 0.3) is 11.1 Å². The highest BCUT2D eigenvalue weighted by atomic mass is 16.6. The predicted octanol–water partition coefficient (Wildman–Crippen LogP) is 2.90. The maximum absolute atomic E-state index is 12.3. The van der Waals surface area contributed by atoms with E-state index in [0.29, 0.717) is 159 Å². The fourth-order valence-electron chi connectivity index (χ4n) is 5.51. The van der Waals surface area contributed by atoms with Gasteiger partial charge in [0, 0.05) is 12.5 Å². The van der Waals surface area contributed by atoms with Gasteiger partial charge in [-0.05, 0) is 22.3 Å². The van der Waals surface area contributed by atoms with Gasteiger partial charge in [0.05, 0.1) is 159 Å². The molecular formula is C42H65NO16. The molecule has 0 saturated heterocycles. The van der Waals surface area contributed by atoms with Crippen LogP contribution in [-0.4, -0.2) is 191 Å². The van der Waals surface area contributed by atoms with Crippen LogP contribution in [0, 0.1) is 0 Å². The van der Waals surface area contributed by atoms with Crippen molar-refractivity contribution in [2.75, 3.05) is 179 Å². The van der Waals surface area contributed by atoms with Crippen LogP contribution in [0.3, 0.4) is 0 Å². The molecule has 0 heterocycles. The first kappa shape index (κ1) is 50.1. The van der Waals surface area contributed by atoms with Crippen molar-refractivity contribution in [3.05, 3.63) is 59.7 Å². The molecule has 0 unspecified atom stereocenters. The lowest BCUT2D eigenvalue weighted by molar-refractivity contribution is -0.146. The van der Waals surface area contributed by atoms with Gasteiger partial charge in [-0.1, -0.05) is 48.5 Å². The molecule has 0 bridgehead atoms. The zero-order chi connectivity index (χ0) is 41.7. The minimum atomic E-state index is -0.457. The Labute approximate surface area is 348 Å². The molecule has 0 spiro atoms. The van der Waals surface area contributed by atoms with E-state index in [-0.39, 0.29) is 19.1 Å². The standard InChI is InChI=1S/C42H65NO16/c1-46-41(44)35-58-33-32-57-31-30-56-29-28-55-27-26-54-25-24-53-23-22-52-21-20-51-19-18-50-17-16-49-15-14-48-13-12-47-11-10-43-42(45)59-34-40-38-8-4-2-6-36(38)37-7-3-5-9-39(37)40/h2-9,40H,10-35H2,1H3,(H,43,45). The maximum Gasteiger partial charge on any atom is 0.407 e. The highest BCUT2D eigenvalue weighted by molar-refractivity contribution is 5.79. The largest absolute Gasteiger partial charge is 0.467 e. The number of carbonyl (C=O) groups is 2. The molecule has 0 saturated carbocycles. The maximum atomic E-state index is 12.3. The Morgan fingerprint density at radius 1 is 0.441 bits per heavy atom. The third kappa shape index (κ3) is 24.5. The van der Waals surface area contributed by atoms with Crippen molar-refractivity contribution in [2.24, 2.45) is 0 Å². The van der Waals surface area contributed by atoms with Crippen molar-refractivity contribution >= 4 is 12.1 Å². The molecule has 1 amide bonds. The second-order valence-electron chi connectivity index (χ2n) is 12.6. The van der Waals surface area contributed by atoms with E-state index in [1.165, 1.54) is 29.4 Å². The van der Waals surface area contributed by atoms with Gasteiger partial charge >= 0.3 is 12.1 Å². The van der Waals surface area contributed by atoms with E-state index in [0.717, 1.165) is 0 Å². The monoisotopic (exact) mass is 839 g/mol. The molecule has 59 heavy (non-hydrogen) atoms. The fraction of sp³-hybridized carbons (Fsp3) is 0.667. The fourth-order valence-corrected chi connectivity index (χ4v) is 5.51. The van der Waals surface area contributed by atoms with Crippen molar-refractivity contribution in [1.82, 2.24) is 5.32 Å². The van der Waals surface area contributed by atoms with Crippen LogP contribution in [0.4, 0.5) is 4.79 Å². The second-order valence-corrected chi connectivity index (χ2v) is 12.6. The van der Waals surface area contributed by atoms with Gasteiger partial charge in [0.2, 0.25) is 0 Å². The van der Waals surface area contributed by atoms with E-state index >= 15 is 0 Å². The summed E-state index contributed by atoms with van der Waals surface area (Å²) in [7, 11) is 1.31. The molecule has 1 aliphatic carbocycles. The normalized spacial score (nSPS) is 12.1. The Morgan fingerprint density at radius 3 is 1.08 bits per heavy atom. The third-order valence-corrected chi connectivity index (χ3v) is 8.40. The van der Waals surface area contributed by atoms with Crippen LogP contribution in [0.5, 0.6) is 0 Å². The van der Waals surface area contributed by atoms with E-state index < -0.39 is 12.1 Å². The summed E-state index contributed by atoms with van der Waals surface area (Å²) in [5.74, 6) is -0.381. The number of benzene rings is 2. The molecule has 0 aliphatic heterocycles. The van der Waals surface area contributed by atoms with Gasteiger partial charge in [-0.25, -0.2) is 9.59 Å². The van der Waals surface area contributed by atoms with Gasteiger partial charge in [0.15, 0.2) is 0 Å². The zero-order valence-electron chi connectivity index (χ0n) is 34.6. The highest BCUT2D eigenvalue weighted by Gasteiger charge is 2.29. The van der Waals surface area contributed by atoms with Crippen molar-refractivity contribution in [3.63, 3.8) is 0 Å². The lowest BCUT2D eigenvalue weighted by Crippen LogP contribution is -2.29. The molecule has 1 aliphatic rings. The van der Waals surface area contributed by atoms with Crippen molar-refractivity contribution < 1.29 is 75.9 Å². The first-order chi connectivity index (χ1) is 29.2. The van der Waals surface area contributed by atoms with Gasteiger partial charge in [-0.2, -0.15) is 0 Å². The van der Waals surface area contributed by atoms with Gasteiger partial charge in [-0.15, -0.1) is 0 Å². The number of nitrogens with one attached hydrogen (secondary N) is 1. The molecule has 1 N–H and O–H groups in total. The van der Waals surface area contributed by atoms with Crippen LogP contribution in [0.15, 0.2) is 48.5 Å². The molecule has 334 valence electrons. The number of carbonyl (C=O) groups excluding carboxylic acids is 2. The lowest BCUT2D eigenvalue weighted by Gasteiger charge is -2.14. The van der Waals surface area contributed by atoms with Crippen LogP contribution in [-0.2, 0) is 71.1 Å². The Bertz CT molecular complexity index is 1290. The summed E-state index contributed by atoms with van der Waals surface area (Å²) in [5, 5.41) is 2.74. The van der Waals surface area contributed by atoms with Crippen molar-refractivity contribution in [2.45, 2.75) is 5.92 Å². The number of alkyl carbamates (subject to hydrolysis) is 1. The van der Waals surface area contributed by atoms with Crippen LogP contribution in [0.1, 0.15) is 17.0 Å². The van der Waals surface area contributed by atoms with E-state index in [9.17, 15) is 9.59 Å². The van der Waals surface area contributed by atoms with Crippen LogP contribution >= 0.6 is 0 Å². The smallest absolute Gasteiger partial charge is 0.407 e. The zero-order valence-corrected chi connectivity index (χ0v) is 34.6. The van der Waals surface area contributed by atoms with E-state index in [2.05, 4.69) is 34.3 Å². The summed E-state index contributed by atoms with van der Waals surface area (Å²) >= 11 is 0. The number of hydrogen-bond acceptors (Lipinski definition) is 16. The summed E-state index contributed by atoms with van der Waals surface area (Å²) in [6, 6.07) is 16.5. The van der Waals surface area contributed by atoms with Crippen molar-refractivity contribution in [3.8, 4) is 11.1 Å². The molecule has 0 atom stereocenters. The number of hydrogen-bond donors (Lipinski definition) is 1. The molecule has 0 fully saturated rings. The van der Waals surface area contributed by atoms with Gasteiger partial charge in [-0.3, -0.25) is 0 Å². The molecular weight excluding hydrogens is 774 g/mol. The Hall–Kier alpha value is -3.30. The molecule has 17 nitrogen and oxygen atoms in total. The van der Waals surface area contributed by atoms with Gasteiger partial charge < -0.3 is 71.6 Å². The molecule has 0 aromatic heterocycles. The van der Waals surface area contributed by atoms with Crippen molar-refractivity contribution in [1.29, 1.82) is 0 Å². The van der Waals surface area contributed by atoms with E-state index in [4.69, 9.17) is 61.6 Å². The Balaban J connectivity index is 0.926. The van der Waals surface area contributed by atoms with E-state index in [1.54, 1.807) is 0 Å². The molecule has 2 aromatic rings. The first-order valence-corrected chi connectivity index (χ1v) is 20.3. The summed E-state index contributed by atoms with van der Waals surface area (Å²) < 4.78 is 75.3. The Morgan fingerprint density at radius 2 is 0.746 bits per heavy atom. The number of esters is 1. The summed E-state index contributed by atoms with van der Waals surface area (Å²) in [6.45, 7) is 11.0. The highest BCUT2D eigenvalue weighted by Crippen LogP contribution is 2.44. The van der Waals surface area contributed by atoms with Crippen LogP contribution in [0.2, 0.25) is 0 Å². The predicted molar refractivity (Wildman–Crippen MR) is 215 cm³/mol. The number of ether oxygens (including phenoxy) is 14. The minimum Gasteiger partial charge on any atom is -0.467 e. The summed E-state index contributed by atoms with van der Waals surface area (Å²) in [6.07, 6.45) is -0.457. The number of methoxy groups -OCH3 is 1. The molecule has 2 aromatic carbocycles. The average molecular weight is 840 g/mol. The number of amides is 1. The molecule has 17 heteroatoms. The third-order valence-electron chi connectivity index (χ3n) is 8.40.